The van der Waals surface area contributed by atoms with Gasteiger partial charge in [0.05, 0.1) is 6.54 Å². The summed E-state index contributed by atoms with van der Waals surface area (Å²) in [6.07, 6.45) is 1.28. The summed E-state index contributed by atoms with van der Waals surface area (Å²) in [5.41, 5.74) is -0.923. The number of piperazine rings is 1. The molecule has 1 rings (SSSR count). The van der Waals surface area contributed by atoms with Crippen LogP contribution in [0.1, 0.15) is 40.5 Å². The summed E-state index contributed by atoms with van der Waals surface area (Å²) in [7, 11) is 0. The lowest BCUT2D eigenvalue weighted by molar-refractivity contribution is -0.158. The molecule has 0 aliphatic carbocycles. The van der Waals surface area contributed by atoms with Crippen molar-refractivity contribution < 1.29 is 14.0 Å². The third-order valence-corrected chi connectivity index (χ3v) is 4.11. The van der Waals surface area contributed by atoms with Crippen molar-refractivity contribution >= 4 is 11.8 Å². The number of hydrogen-bond donors (Lipinski definition) is 1. The molecule has 0 radical (unpaired) electrons. The first-order valence-electron chi connectivity index (χ1n) is 6.60. The molecule has 1 aliphatic heterocycles. The zero-order valence-electron chi connectivity index (χ0n) is 11.6. The number of nitrogens with zero attached hydrogens (tertiary/aromatic N) is 1. The van der Waals surface area contributed by atoms with Crippen molar-refractivity contribution in [1.29, 1.82) is 0 Å². The van der Waals surface area contributed by atoms with Gasteiger partial charge in [-0.05, 0) is 19.3 Å². The highest BCUT2D eigenvalue weighted by atomic mass is 19.1. The van der Waals surface area contributed by atoms with Crippen LogP contribution in [0.5, 0.6) is 0 Å². The number of alkyl halides is 1. The second kappa shape index (κ2) is 5.67. The van der Waals surface area contributed by atoms with Crippen LogP contribution in [0.25, 0.3) is 0 Å². The molecule has 1 fully saturated rings. The number of carbonyl (C=O) groups excluding carboxylic acids is 2. The number of carbonyl (C=O) groups is 2. The van der Waals surface area contributed by atoms with Crippen molar-refractivity contribution in [2.45, 2.75) is 52.1 Å². The number of hydrogen-bond acceptors (Lipinski definition) is 2. The van der Waals surface area contributed by atoms with E-state index in [2.05, 4.69) is 5.32 Å². The molecule has 4 nitrogen and oxygen atoms in total. The Bertz CT molecular complexity index is 335. The van der Waals surface area contributed by atoms with Crippen LogP contribution in [0.2, 0.25) is 0 Å². The van der Waals surface area contributed by atoms with Crippen LogP contribution in [0.15, 0.2) is 0 Å². The molecule has 1 aliphatic rings. The van der Waals surface area contributed by atoms with Crippen LogP contribution in [0, 0.1) is 5.92 Å². The Labute approximate surface area is 108 Å². The second-order valence-corrected chi connectivity index (χ2v) is 5.14. The predicted octanol–water partition coefficient (Wildman–Crippen LogP) is 1.50. The molecule has 18 heavy (non-hydrogen) atoms. The van der Waals surface area contributed by atoms with Crippen molar-refractivity contribution in [3.8, 4) is 0 Å². The standard InChI is InChI=1S/C13H23FN2O2/c1-5-9(3)10-11(17)16(8-7-14)13(4,6-2)12(18)15-10/h9-10H,5-8H2,1-4H3,(H,15,18). The van der Waals surface area contributed by atoms with Gasteiger partial charge >= 0.3 is 0 Å². The van der Waals surface area contributed by atoms with Gasteiger partial charge < -0.3 is 10.2 Å². The Hall–Kier alpha value is -1.13. The molecule has 2 amide bonds. The topological polar surface area (TPSA) is 49.4 Å². The fourth-order valence-electron chi connectivity index (χ4n) is 2.31. The maximum atomic E-state index is 12.6. The molecule has 3 unspecified atom stereocenters. The molecule has 0 bridgehead atoms. The molecule has 1 N–H and O–H groups in total. The van der Waals surface area contributed by atoms with Gasteiger partial charge in [0, 0.05) is 0 Å². The van der Waals surface area contributed by atoms with Gasteiger partial charge in [0.15, 0.2) is 0 Å². The third-order valence-electron chi connectivity index (χ3n) is 4.11. The van der Waals surface area contributed by atoms with Crippen LogP contribution < -0.4 is 5.32 Å². The fourth-order valence-corrected chi connectivity index (χ4v) is 2.31. The lowest BCUT2D eigenvalue weighted by atomic mass is 9.86. The first-order valence-corrected chi connectivity index (χ1v) is 6.60. The smallest absolute Gasteiger partial charge is 0.246 e. The molecular weight excluding hydrogens is 235 g/mol. The van der Waals surface area contributed by atoms with Gasteiger partial charge in [-0.15, -0.1) is 0 Å². The Kier molecular flexibility index (Phi) is 4.71. The Morgan fingerprint density at radius 3 is 2.50 bits per heavy atom. The van der Waals surface area contributed by atoms with Gasteiger partial charge in [0.1, 0.15) is 18.3 Å². The molecule has 0 aromatic heterocycles. The summed E-state index contributed by atoms with van der Waals surface area (Å²) < 4.78 is 12.6. The van der Waals surface area contributed by atoms with Crippen molar-refractivity contribution in [2.75, 3.05) is 13.2 Å². The minimum atomic E-state index is -0.923. The average Bonchev–Trinajstić information content (AvgIpc) is 2.38. The highest BCUT2D eigenvalue weighted by Crippen LogP contribution is 2.27. The molecule has 0 spiro atoms. The Balaban J connectivity index is 3.05. The highest BCUT2D eigenvalue weighted by molar-refractivity contribution is 5.99. The van der Waals surface area contributed by atoms with E-state index in [0.29, 0.717) is 6.42 Å². The Morgan fingerprint density at radius 2 is 2.06 bits per heavy atom. The van der Waals surface area contributed by atoms with E-state index in [1.54, 1.807) is 6.92 Å². The van der Waals surface area contributed by atoms with E-state index in [-0.39, 0.29) is 24.3 Å². The van der Waals surface area contributed by atoms with Gasteiger partial charge in [-0.2, -0.15) is 0 Å². The fraction of sp³-hybridized carbons (Fsp3) is 0.846. The summed E-state index contributed by atoms with van der Waals surface area (Å²) in [4.78, 5) is 26.0. The number of amides is 2. The van der Waals surface area contributed by atoms with Crippen LogP contribution in [0.3, 0.4) is 0 Å². The number of rotatable bonds is 5. The summed E-state index contributed by atoms with van der Waals surface area (Å²) in [5, 5.41) is 2.79. The van der Waals surface area contributed by atoms with E-state index in [0.717, 1.165) is 6.42 Å². The van der Waals surface area contributed by atoms with Crippen molar-refractivity contribution in [3.05, 3.63) is 0 Å². The van der Waals surface area contributed by atoms with Crippen molar-refractivity contribution in [1.82, 2.24) is 10.2 Å². The molecule has 104 valence electrons. The monoisotopic (exact) mass is 258 g/mol. The molecule has 1 heterocycles. The van der Waals surface area contributed by atoms with E-state index in [1.165, 1.54) is 4.90 Å². The van der Waals surface area contributed by atoms with Crippen molar-refractivity contribution in [2.24, 2.45) is 5.92 Å². The van der Waals surface area contributed by atoms with Gasteiger partial charge in [0.2, 0.25) is 11.8 Å². The van der Waals surface area contributed by atoms with E-state index in [1.807, 2.05) is 20.8 Å². The van der Waals surface area contributed by atoms with E-state index in [4.69, 9.17) is 0 Å². The first kappa shape index (κ1) is 14.9. The molecule has 5 heteroatoms. The zero-order valence-corrected chi connectivity index (χ0v) is 11.6. The minimum Gasteiger partial charge on any atom is -0.342 e. The summed E-state index contributed by atoms with van der Waals surface area (Å²) >= 11 is 0. The summed E-state index contributed by atoms with van der Waals surface area (Å²) in [6, 6.07) is -0.520. The lowest BCUT2D eigenvalue weighted by Crippen LogP contribution is -2.70. The summed E-state index contributed by atoms with van der Waals surface area (Å²) in [5.74, 6) is -0.278. The van der Waals surface area contributed by atoms with Gasteiger partial charge in [-0.1, -0.05) is 27.2 Å². The molecule has 0 aromatic carbocycles. The van der Waals surface area contributed by atoms with E-state index < -0.39 is 18.3 Å². The maximum Gasteiger partial charge on any atom is 0.246 e. The third kappa shape index (κ3) is 2.35. The van der Waals surface area contributed by atoms with Gasteiger partial charge in [-0.25, -0.2) is 4.39 Å². The quantitative estimate of drug-likeness (QED) is 0.812. The predicted molar refractivity (Wildman–Crippen MR) is 67.8 cm³/mol. The second-order valence-electron chi connectivity index (χ2n) is 5.14. The van der Waals surface area contributed by atoms with E-state index >= 15 is 0 Å². The molecule has 3 atom stereocenters. The SMILES string of the molecule is CCC(C)C1NC(=O)C(C)(CC)N(CCF)C1=O. The van der Waals surface area contributed by atoms with Crippen molar-refractivity contribution in [3.63, 3.8) is 0 Å². The largest absolute Gasteiger partial charge is 0.342 e. The maximum absolute atomic E-state index is 12.6. The van der Waals surface area contributed by atoms with Crippen LogP contribution in [0.4, 0.5) is 4.39 Å². The van der Waals surface area contributed by atoms with E-state index in [9.17, 15) is 14.0 Å². The average molecular weight is 258 g/mol. The van der Waals surface area contributed by atoms with Crippen LogP contribution in [-0.4, -0.2) is 41.5 Å². The molecule has 0 saturated carbocycles. The number of nitrogens with one attached hydrogen (secondary N) is 1. The highest BCUT2D eigenvalue weighted by Gasteiger charge is 2.48. The molecular formula is C13H23FN2O2. The first-order chi connectivity index (χ1) is 8.42. The minimum absolute atomic E-state index is 0.0104. The van der Waals surface area contributed by atoms with Gasteiger partial charge in [0.25, 0.3) is 0 Å². The lowest BCUT2D eigenvalue weighted by Gasteiger charge is -2.46. The van der Waals surface area contributed by atoms with Gasteiger partial charge in [-0.3, -0.25) is 9.59 Å². The summed E-state index contributed by atoms with van der Waals surface area (Å²) in [6.45, 7) is 6.79. The zero-order chi connectivity index (χ0) is 13.9. The number of halogens is 1. The van der Waals surface area contributed by atoms with Crippen LogP contribution >= 0.6 is 0 Å². The molecule has 0 aromatic rings. The normalized spacial score (nSPS) is 30.3. The molecule has 1 saturated heterocycles. The van der Waals surface area contributed by atoms with Crippen LogP contribution in [-0.2, 0) is 9.59 Å². The Morgan fingerprint density at radius 1 is 1.44 bits per heavy atom.